The average molecular weight is 967 g/mol. The molecule has 0 fully saturated rings. The Hall–Kier alpha value is -9.26. The number of rotatable bonds is 9. The Labute approximate surface area is 438 Å². The molecule has 10 aromatic rings. The lowest BCUT2D eigenvalue weighted by Gasteiger charge is -2.29. The summed E-state index contributed by atoms with van der Waals surface area (Å²) in [6.45, 7) is 4.75. The van der Waals surface area contributed by atoms with Crippen molar-refractivity contribution in [2.45, 2.75) is 44.4 Å². The largest absolute Gasteiger partial charge is 0.299 e. The first-order valence-corrected chi connectivity index (χ1v) is 26.2. The summed E-state index contributed by atoms with van der Waals surface area (Å²) in [6, 6.07) is 66.9. The number of allylic oxidation sites excluding steroid dienone is 11. The summed E-state index contributed by atoms with van der Waals surface area (Å²) in [5.41, 5.74) is 17.5. The van der Waals surface area contributed by atoms with Crippen LogP contribution in [0.3, 0.4) is 0 Å². The van der Waals surface area contributed by atoms with Crippen LogP contribution < -0.4 is 4.90 Å². The van der Waals surface area contributed by atoms with Crippen LogP contribution in [-0.4, -0.2) is 24.5 Å². The molecule has 0 bridgehead atoms. The smallest absolute Gasteiger partial charge is 0.162 e. The molecule has 1 aliphatic heterocycles. The summed E-state index contributed by atoms with van der Waals surface area (Å²) >= 11 is 0. The van der Waals surface area contributed by atoms with E-state index in [1.165, 1.54) is 16.7 Å². The minimum absolute atomic E-state index is 0.0971. The molecule has 1 atom stereocenters. The van der Waals surface area contributed by atoms with E-state index in [0.29, 0.717) is 5.82 Å². The molecule has 3 aliphatic rings. The van der Waals surface area contributed by atoms with E-state index in [2.05, 4.69) is 228 Å². The van der Waals surface area contributed by atoms with E-state index in [1.54, 1.807) is 0 Å². The van der Waals surface area contributed by atoms with Gasteiger partial charge in [0.05, 0.1) is 28.1 Å². The van der Waals surface area contributed by atoms with E-state index in [9.17, 15) is 0 Å². The molecule has 4 heterocycles. The van der Waals surface area contributed by atoms with Gasteiger partial charge in [-0.2, -0.15) is 0 Å². The fourth-order valence-corrected chi connectivity index (χ4v) is 11.0. The molecule has 0 saturated heterocycles. The number of benzene rings is 7. The molecular weight excluding hydrogens is 913 g/mol. The lowest BCUT2D eigenvalue weighted by molar-refractivity contribution is 0.800. The van der Waals surface area contributed by atoms with Crippen LogP contribution in [0.25, 0.3) is 83.7 Å². The summed E-state index contributed by atoms with van der Waals surface area (Å²) in [5.74, 6) is 3.24. The zero-order valence-electron chi connectivity index (χ0n) is 41.7. The molecule has 0 unspecified atom stereocenters. The van der Waals surface area contributed by atoms with Crippen LogP contribution in [0.1, 0.15) is 60.7 Å². The van der Waals surface area contributed by atoms with E-state index in [0.717, 1.165) is 140 Å². The second-order valence-corrected chi connectivity index (χ2v) is 19.7. The van der Waals surface area contributed by atoms with Crippen LogP contribution >= 0.6 is 0 Å². The summed E-state index contributed by atoms with van der Waals surface area (Å²) in [6.07, 6.45) is 23.3. The first kappa shape index (κ1) is 45.6. The minimum atomic E-state index is 0.0971. The van der Waals surface area contributed by atoms with Crippen molar-refractivity contribution in [1.29, 1.82) is 0 Å². The zero-order chi connectivity index (χ0) is 50.1. The van der Waals surface area contributed by atoms with Crippen LogP contribution in [0, 0.1) is 0 Å². The third kappa shape index (κ3) is 9.06. The third-order valence-corrected chi connectivity index (χ3v) is 14.8. The maximum atomic E-state index is 5.42. The molecule has 13 rings (SSSR count). The first-order valence-electron chi connectivity index (χ1n) is 26.2. The van der Waals surface area contributed by atoms with Gasteiger partial charge in [0.2, 0.25) is 0 Å². The van der Waals surface area contributed by atoms with Crippen LogP contribution in [0.2, 0.25) is 0 Å². The second-order valence-electron chi connectivity index (χ2n) is 19.7. The number of para-hydroxylation sites is 1. The van der Waals surface area contributed by atoms with Gasteiger partial charge < -0.3 is 0 Å². The average Bonchev–Trinajstić information content (AvgIpc) is 3.89. The lowest BCUT2D eigenvalue weighted by atomic mass is 9.90. The monoisotopic (exact) mass is 966 g/mol. The van der Waals surface area contributed by atoms with Crippen molar-refractivity contribution in [3.8, 4) is 50.7 Å². The molecule has 3 aromatic heterocycles. The van der Waals surface area contributed by atoms with Gasteiger partial charge in [-0.15, -0.1) is 0 Å². The Balaban J connectivity index is 0.914. The van der Waals surface area contributed by atoms with E-state index in [-0.39, 0.29) is 5.92 Å². The van der Waals surface area contributed by atoms with Gasteiger partial charge in [-0.3, -0.25) is 9.47 Å². The van der Waals surface area contributed by atoms with E-state index in [4.69, 9.17) is 26.5 Å². The maximum Gasteiger partial charge on any atom is 0.162 e. The minimum Gasteiger partial charge on any atom is -0.299 e. The molecule has 0 N–H and O–H groups in total. The lowest BCUT2D eigenvalue weighted by Crippen LogP contribution is -2.20. The van der Waals surface area contributed by atoms with Gasteiger partial charge in [0.1, 0.15) is 11.6 Å². The topological polar surface area (TPSA) is 59.7 Å². The van der Waals surface area contributed by atoms with Gasteiger partial charge in [-0.05, 0) is 119 Å². The molecule has 0 spiro atoms. The molecule has 0 radical (unpaired) electrons. The molecule has 0 saturated carbocycles. The highest BCUT2D eigenvalue weighted by atomic mass is 15.2. The van der Waals surface area contributed by atoms with Gasteiger partial charge in [0, 0.05) is 45.6 Å². The van der Waals surface area contributed by atoms with Gasteiger partial charge in [-0.1, -0.05) is 195 Å². The second kappa shape index (κ2) is 20.0. The number of fused-ring (bicyclic) bond motifs is 4. The Bertz CT molecular complexity index is 3970. The molecule has 360 valence electrons. The Morgan fingerprint density at radius 2 is 1.17 bits per heavy atom. The van der Waals surface area contributed by atoms with E-state index < -0.39 is 0 Å². The standard InChI is InChI=1S/C69H54N6/c1-47-21-7-2-16-30-58-43-54(37-39-63(58)74(47)66-45-61(70-68(72-66)50-26-12-5-13-27-50)56-33-19-31-52(41-56)48-22-8-3-9-23-48)55-38-40-65-60(44-55)59-35-17-18-36-64(59)75(65)67-46-62(71-69(73-67)51-28-14-6-15-29-51)57-34-20-32-53(42-57)49-24-10-4-11-25-49/h2-6,8-12,14-20,22-26,28-29,31-32,34-46,56H,1,7,13,21,27,30,33H2/b16-2-/t56-/m1/s1. The number of hydrogen-bond acceptors (Lipinski definition) is 5. The quantitative estimate of drug-likeness (QED) is 0.135. The third-order valence-electron chi connectivity index (χ3n) is 14.8. The normalized spacial score (nSPS) is 16.0. The van der Waals surface area contributed by atoms with Crippen LogP contribution in [0.4, 0.5) is 11.5 Å². The summed E-state index contributed by atoms with van der Waals surface area (Å²) < 4.78 is 2.30. The van der Waals surface area contributed by atoms with Crippen molar-refractivity contribution in [2.24, 2.45) is 0 Å². The van der Waals surface area contributed by atoms with Crippen molar-refractivity contribution in [3.63, 3.8) is 0 Å². The highest BCUT2D eigenvalue weighted by molar-refractivity contribution is 6.10. The summed E-state index contributed by atoms with van der Waals surface area (Å²) in [4.78, 5) is 23.6. The first-order chi connectivity index (χ1) is 37.1. The predicted octanol–water partition coefficient (Wildman–Crippen LogP) is 17.4. The molecule has 6 nitrogen and oxygen atoms in total. The number of hydrogen-bond donors (Lipinski definition) is 0. The van der Waals surface area contributed by atoms with Gasteiger partial charge >= 0.3 is 0 Å². The maximum absolute atomic E-state index is 5.42. The van der Waals surface area contributed by atoms with E-state index >= 15 is 0 Å². The fraction of sp³-hybridized carbons (Fsp3) is 0.101. The molecular formula is C69H54N6. The van der Waals surface area contributed by atoms with Gasteiger partial charge in [0.25, 0.3) is 0 Å². The van der Waals surface area contributed by atoms with Crippen LogP contribution in [-0.2, 0) is 6.42 Å². The van der Waals surface area contributed by atoms with E-state index in [1.807, 2.05) is 18.2 Å². The fourth-order valence-electron chi connectivity index (χ4n) is 11.0. The number of aromatic nitrogens is 5. The molecule has 2 aliphatic carbocycles. The Morgan fingerprint density at radius 3 is 2.00 bits per heavy atom. The van der Waals surface area contributed by atoms with Crippen molar-refractivity contribution >= 4 is 44.5 Å². The highest BCUT2D eigenvalue weighted by Gasteiger charge is 2.25. The predicted molar refractivity (Wildman–Crippen MR) is 311 cm³/mol. The highest BCUT2D eigenvalue weighted by Crippen LogP contribution is 2.42. The van der Waals surface area contributed by atoms with Crippen molar-refractivity contribution in [2.75, 3.05) is 4.90 Å². The summed E-state index contributed by atoms with van der Waals surface area (Å²) in [5, 5.41) is 2.32. The van der Waals surface area contributed by atoms with Crippen molar-refractivity contribution in [1.82, 2.24) is 24.5 Å². The van der Waals surface area contributed by atoms with Gasteiger partial charge in [-0.25, -0.2) is 19.9 Å². The van der Waals surface area contributed by atoms with Crippen molar-refractivity contribution < 1.29 is 0 Å². The number of nitrogens with zero attached hydrogens (tertiary/aromatic N) is 6. The molecule has 0 amide bonds. The molecule has 7 aromatic carbocycles. The molecule has 6 heteroatoms. The SMILES string of the molecule is C=C1CC/C=C\Cc2cc(-c3ccc4c(c3)c3ccccc3n4-c3cc(-c4cccc(-c5ccccc5)c4)nc(-c4ccccc4)n3)ccc2N1c1cc([C@H]2C=C(c3ccccc3)C=CC2)nc(C2=CC=CCC2)n1. The Morgan fingerprint density at radius 1 is 0.480 bits per heavy atom. The van der Waals surface area contributed by atoms with Crippen LogP contribution in [0.15, 0.2) is 249 Å². The summed E-state index contributed by atoms with van der Waals surface area (Å²) in [7, 11) is 0. The van der Waals surface area contributed by atoms with Crippen LogP contribution in [0.5, 0.6) is 0 Å². The van der Waals surface area contributed by atoms with Gasteiger partial charge in [0.15, 0.2) is 11.6 Å². The Kier molecular flexibility index (Phi) is 12.1. The number of anilines is 2. The molecule has 75 heavy (non-hydrogen) atoms. The zero-order valence-corrected chi connectivity index (χ0v) is 41.7. The van der Waals surface area contributed by atoms with Crippen molar-refractivity contribution in [3.05, 3.63) is 272 Å².